The molecule has 98 valence electrons. The topological polar surface area (TPSA) is 28.2 Å². The highest BCUT2D eigenvalue weighted by molar-refractivity contribution is 5.10. The van der Waals surface area contributed by atoms with E-state index >= 15 is 0 Å². The molecule has 2 fully saturated rings. The second-order valence-electron chi connectivity index (χ2n) is 5.72. The summed E-state index contributed by atoms with van der Waals surface area (Å²) in [4.78, 5) is 7.21. The van der Waals surface area contributed by atoms with Crippen molar-refractivity contribution in [3.63, 3.8) is 0 Å². The zero-order valence-electron chi connectivity index (χ0n) is 11.2. The van der Waals surface area contributed by atoms with Crippen LogP contribution in [-0.2, 0) is 6.54 Å². The maximum Gasteiger partial charge on any atom is 0.0547 e. The zero-order valence-corrected chi connectivity index (χ0v) is 11.2. The predicted molar refractivity (Wildman–Crippen MR) is 73.4 cm³/mol. The van der Waals surface area contributed by atoms with Gasteiger partial charge in [-0.05, 0) is 51.3 Å². The Kier molecular flexibility index (Phi) is 3.62. The number of nitrogens with zero attached hydrogens (tertiary/aromatic N) is 2. The molecule has 1 aromatic rings. The first-order valence-electron chi connectivity index (χ1n) is 7.21. The van der Waals surface area contributed by atoms with E-state index in [2.05, 4.69) is 40.3 Å². The van der Waals surface area contributed by atoms with Crippen LogP contribution in [-0.4, -0.2) is 35.1 Å². The van der Waals surface area contributed by atoms with Crippen LogP contribution >= 0.6 is 0 Å². The molecule has 1 aliphatic carbocycles. The summed E-state index contributed by atoms with van der Waals surface area (Å²) < 4.78 is 0. The van der Waals surface area contributed by atoms with E-state index in [0.29, 0.717) is 6.04 Å². The summed E-state index contributed by atoms with van der Waals surface area (Å²) in [6.45, 7) is 5.47. The first kappa shape index (κ1) is 12.1. The number of aryl methyl sites for hydroxylation is 1. The Hall–Kier alpha value is -0.930. The summed E-state index contributed by atoms with van der Waals surface area (Å²) in [5, 5.41) is 3.66. The average molecular weight is 245 g/mol. The van der Waals surface area contributed by atoms with Gasteiger partial charge in [0.25, 0.3) is 0 Å². The number of hydrogen-bond donors (Lipinski definition) is 1. The summed E-state index contributed by atoms with van der Waals surface area (Å²) in [7, 11) is 0. The third-order valence-electron chi connectivity index (χ3n) is 4.03. The molecule has 1 N–H and O–H groups in total. The van der Waals surface area contributed by atoms with Crippen LogP contribution in [0, 0.1) is 6.92 Å². The lowest BCUT2D eigenvalue weighted by Gasteiger charge is -2.24. The van der Waals surface area contributed by atoms with E-state index in [0.717, 1.165) is 24.8 Å². The summed E-state index contributed by atoms with van der Waals surface area (Å²) in [5.41, 5.74) is 2.34. The van der Waals surface area contributed by atoms with Gasteiger partial charge in [-0.1, -0.05) is 6.07 Å². The van der Waals surface area contributed by atoms with Gasteiger partial charge in [0.15, 0.2) is 0 Å². The third kappa shape index (κ3) is 3.09. The predicted octanol–water partition coefficient (Wildman–Crippen LogP) is 2.11. The number of aromatic nitrogens is 1. The van der Waals surface area contributed by atoms with Crippen LogP contribution in [0.1, 0.15) is 37.1 Å². The second-order valence-corrected chi connectivity index (χ2v) is 5.72. The van der Waals surface area contributed by atoms with Crippen LogP contribution in [0.15, 0.2) is 18.2 Å². The van der Waals surface area contributed by atoms with Crippen molar-refractivity contribution in [1.29, 1.82) is 0 Å². The maximum atomic E-state index is 4.62. The van der Waals surface area contributed by atoms with Crippen LogP contribution in [0.25, 0.3) is 0 Å². The fourth-order valence-electron chi connectivity index (χ4n) is 2.82. The molecule has 0 radical (unpaired) electrons. The molecular weight excluding hydrogens is 222 g/mol. The molecule has 0 aromatic carbocycles. The van der Waals surface area contributed by atoms with E-state index in [9.17, 15) is 0 Å². The van der Waals surface area contributed by atoms with E-state index < -0.39 is 0 Å². The molecule has 1 aromatic heterocycles. The van der Waals surface area contributed by atoms with Crippen LogP contribution in [0.3, 0.4) is 0 Å². The number of hydrogen-bond acceptors (Lipinski definition) is 3. The number of likely N-dealkylation sites (tertiary alicyclic amines) is 1. The highest BCUT2D eigenvalue weighted by atomic mass is 15.2. The van der Waals surface area contributed by atoms with Gasteiger partial charge in [-0.15, -0.1) is 0 Å². The van der Waals surface area contributed by atoms with Gasteiger partial charge in [0.1, 0.15) is 0 Å². The van der Waals surface area contributed by atoms with Gasteiger partial charge in [-0.25, -0.2) is 0 Å². The van der Waals surface area contributed by atoms with Crippen molar-refractivity contribution in [3.05, 3.63) is 29.6 Å². The standard InChI is InChI=1S/C15H23N3/c1-12-4-2-5-14(17-12)11-18-9-3-6-15(18)10-16-13-7-8-13/h2,4-5,13,15-16H,3,6-11H2,1H3. The van der Waals surface area contributed by atoms with Gasteiger partial charge in [0.05, 0.1) is 5.69 Å². The first-order chi connectivity index (χ1) is 8.81. The average Bonchev–Trinajstić information content (AvgIpc) is 3.08. The minimum absolute atomic E-state index is 0.716. The van der Waals surface area contributed by atoms with Crippen molar-refractivity contribution in [2.75, 3.05) is 13.1 Å². The zero-order chi connectivity index (χ0) is 12.4. The Bertz CT molecular complexity index is 400. The van der Waals surface area contributed by atoms with Crippen molar-refractivity contribution in [3.8, 4) is 0 Å². The Morgan fingerprint density at radius 2 is 2.22 bits per heavy atom. The third-order valence-corrected chi connectivity index (χ3v) is 4.03. The molecule has 0 spiro atoms. The van der Waals surface area contributed by atoms with Gasteiger partial charge < -0.3 is 5.32 Å². The van der Waals surface area contributed by atoms with Crippen molar-refractivity contribution < 1.29 is 0 Å². The fourth-order valence-corrected chi connectivity index (χ4v) is 2.82. The van der Waals surface area contributed by atoms with Crippen molar-refractivity contribution in [1.82, 2.24) is 15.2 Å². The first-order valence-corrected chi connectivity index (χ1v) is 7.21. The van der Waals surface area contributed by atoms with Crippen LogP contribution in [0.2, 0.25) is 0 Å². The molecule has 1 aliphatic heterocycles. The van der Waals surface area contributed by atoms with Gasteiger partial charge in [-0.3, -0.25) is 9.88 Å². The van der Waals surface area contributed by atoms with Gasteiger partial charge in [-0.2, -0.15) is 0 Å². The van der Waals surface area contributed by atoms with Crippen molar-refractivity contribution >= 4 is 0 Å². The smallest absolute Gasteiger partial charge is 0.0547 e. The number of rotatable bonds is 5. The fraction of sp³-hybridized carbons (Fsp3) is 0.667. The summed E-state index contributed by atoms with van der Waals surface area (Å²) in [5.74, 6) is 0. The van der Waals surface area contributed by atoms with E-state index in [1.165, 1.54) is 37.9 Å². The van der Waals surface area contributed by atoms with Crippen LogP contribution in [0.4, 0.5) is 0 Å². The van der Waals surface area contributed by atoms with Crippen molar-refractivity contribution in [2.24, 2.45) is 0 Å². The highest BCUT2D eigenvalue weighted by Gasteiger charge is 2.27. The maximum absolute atomic E-state index is 4.62. The normalized spacial score (nSPS) is 24.6. The molecule has 2 heterocycles. The lowest BCUT2D eigenvalue weighted by Crippen LogP contribution is -2.38. The molecule has 1 saturated heterocycles. The van der Waals surface area contributed by atoms with Crippen LogP contribution in [0.5, 0.6) is 0 Å². The monoisotopic (exact) mass is 245 g/mol. The molecule has 18 heavy (non-hydrogen) atoms. The Morgan fingerprint density at radius 3 is 3.00 bits per heavy atom. The summed E-state index contributed by atoms with van der Waals surface area (Å²) in [6.07, 6.45) is 5.44. The molecule has 2 aliphatic rings. The largest absolute Gasteiger partial charge is 0.312 e. The van der Waals surface area contributed by atoms with Gasteiger partial charge in [0.2, 0.25) is 0 Å². The Balaban J connectivity index is 1.56. The van der Waals surface area contributed by atoms with E-state index in [1.807, 2.05) is 0 Å². The second kappa shape index (κ2) is 5.37. The molecule has 3 rings (SSSR count). The lowest BCUT2D eigenvalue weighted by atomic mass is 10.2. The molecule has 1 saturated carbocycles. The minimum atomic E-state index is 0.716. The number of pyridine rings is 1. The Labute approximate surface area is 110 Å². The van der Waals surface area contributed by atoms with Gasteiger partial charge in [0, 0.05) is 30.9 Å². The van der Waals surface area contributed by atoms with E-state index in [1.54, 1.807) is 0 Å². The molecule has 1 unspecified atom stereocenters. The number of nitrogens with one attached hydrogen (secondary N) is 1. The molecule has 1 atom stereocenters. The minimum Gasteiger partial charge on any atom is -0.312 e. The summed E-state index contributed by atoms with van der Waals surface area (Å²) >= 11 is 0. The van der Waals surface area contributed by atoms with E-state index in [-0.39, 0.29) is 0 Å². The molecule has 3 nitrogen and oxygen atoms in total. The molecular formula is C15H23N3. The molecule has 0 amide bonds. The highest BCUT2D eigenvalue weighted by Crippen LogP contribution is 2.22. The molecule has 0 bridgehead atoms. The summed E-state index contributed by atoms with van der Waals surface area (Å²) in [6, 6.07) is 7.87. The van der Waals surface area contributed by atoms with Crippen LogP contribution < -0.4 is 5.32 Å². The van der Waals surface area contributed by atoms with E-state index in [4.69, 9.17) is 0 Å². The Morgan fingerprint density at radius 1 is 1.33 bits per heavy atom. The van der Waals surface area contributed by atoms with Gasteiger partial charge >= 0.3 is 0 Å². The SMILES string of the molecule is Cc1cccc(CN2CCCC2CNC2CC2)n1. The quantitative estimate of drug-likeness (QED) is 0.861. The van der Waals surface area contributed by atoms with Crippen molar-refractivity contribution in [2.45, 2.75) is 51.2 Å². The lowest BCUT2D eigenvalue weighted by molar-refractivity contribution is 0.236. The molecule has 3 heteroatoms.